The van der Waals surface area contributed by atoms with E-state index in [-0.39, 0.29) is 18.3 Å². The number of carboxylic acids is 1. The molecule has 5 heteroatoms. The van der Waals surface area contributed by atoms with Gasteiger partial charge in [-0.2, -0.15) is 0 Å². The van der Waals surface area contributed by atoms with Crippen LogP contribution in [-0.4, -0.2) is 11.1 Å². The molecule has 0 saturated carbocycles. The molecular weight excluding hydrogens is 344 g/mol. The first-order valence-corrected chi connectivity index (χ1v) is 9.05. The molecule has 0 spiro atoms. The van der Waals surface area contributed by atoms with Gasteiger partial charge in [-0.15, -0.1) is 0 Å². The predicted octanol–water partition coefficient (Wildman–Crippen LogP) is 4.34. The van der Waals surface area contributed by atoms with Crippen molar-refractivity contribution in [3.63, 3.8) is 0 Å². The molecule has 2 aromatic carbocycles. The standard InChI is InChI=1S/C22H22O5/c1-2-6-18-20(26-14-15-7-4-3-5-8-15)11-10-17-19(23)13-16(27-22(17)18)9-12-21(24)25/h3-5,7-8,10-11,13H,2,6,9,12,14H2,1H3,(H,24,25). The molecule has 0 radical (unpaired) electrons. The second-order valence-electron chi connectivity index (χ2n) is 6.41. The summed E-state index contributed by atoms with van der Waals surface area (Å²) in [6.07, 6.45) is 1.67. The quantitative estimate of drug-likeness (QED) is 0.642. The number of benzene rings is 2. The number of carboxylic acid groups (broad SMARTS) is 1. The molecular formula is C22H22O5. The number of aliphatic carboxylic acids is 1. The maximum Gasteiger partial charge on any atom is 0.303 e. The minimum Gasteiger partial charge on any atom is -0.488 e. The van der Waals surface area contributed by atoms with E-state index < -0.39 is 5.97 Å². The summed E-state index contributed by atoms with van der Waals surface area (Å²) in [4.78, 5) is 23.3. The minimum atomic E-state index is -0.925. The van der Waals surface area contributed by atoms with E-state index in [1.807, 2.05) is 43.3 Å². The van der Waals surface area contributed by atoms with Crippen molar-refractivity contribution in [1.82, 2.24) is 0 Å². The largest absolute Gasteiger partial charge is 0.488 e. The molecule has 0 amide bonds. The lowest BCUT2D eigenvalue weighted by Crippen LogP contribution is -2.07. The number of fused-ring (bicyclic) bond motifs is 1. The summed E-state index contributed by atoms with van der Waals surface area (Å²) >= 11 is 0. The lowest BCUT2D eigenvalue weighted by Gasteiger charge is -2.14. The average Bonchev–Trinajstić information content (AvgIpc) is 2.67. The number of carbonyl (C=O) groups is 1. The third-order valence-corrected chi connectivity index (χ3v) is 4.33. The van der Waals surface area contributed by atoms with E-state index in [4.69, 9.17) is 14.3 Å². The Morgan fingerprint density at radius 2 is 1.89 bits per heavy atom. The van der Waals surface area contributed by atoms with Gasteiger partial charge in [0, 0.05) is 18.1 Å². The van der Waals surface area contributed by atoms with Crippen LogP contribution in [0.5, 0.6) is 5.75 Å². The molecule has 3 rings (SSSR count). The van der Waals surface area contributed by atoms with Gasteiger partial charge in [-0.3, -0.25) is 9.59 Å². The van der Waals surface area contributed by atoms with Gasteiger partial charge < -0.3 is 14.3 Å². The van der Waals surface area contributed by atoms with Gasteiger partial charge in [0.05, 0.1) is 11.8 Å². The van der Waals surface area contributed by atoms with Crippen molar-refractivity contribution in [2.75, 3.05) is 0 Å². The van der Waals surface area contributed by atoms with Crippen LogP contribution in [0, 0.1) is 0 Å². The third-order valence-electron chi connectivity index (χ3n) is 4.33. The Balaban J connectivity index is 1.99. The summed E-state index contributed by atoms with van der Waals surface area (Å²) in [5, 5.41) is 9.37. The summed E-state index contributed by atoms with van der Waals surface area (Å²) in [7, 11) is 0. The fourth-order valence-electron chi connectivity index (χ4n) is 3.02. The molecule has 0 aliphatic carbocycles. The zero-order valence-corrected chi connectivity index (χ0v) is 15.2. The topological polar surface area (TPSA) is 76.7 Å². The molecule has 140 valence electrons. The molecule has 0 fully saturated rings. The monoisotopic (exact) mass is 366 g/mol. The van der Waals surface area contributed by atoms with Gasteiger partial charge in [0.15, 0.2) is 5.43 Å². The van der Waals surface area contributed by atoms with Crippen LogP contribution in [0.15, 0.2) is 57.7 Å². The molecule has 1 N–H and O–H groups in total. The number of hydrogen-bond donors (Lipinski definition) is 1. The number of ether oxygens (including phenoxy) is 1. The highest BCUT2D eigenvalue weighted by Gasteiger charge is 2.15. The molecule has 0 saturated heterocycles. The molecule has 0 unspecified atom stereocenters. The smallest absolute Gasteiger partial charge is 0.303 e. The van der Waals surface area contributed by atoms with Gasteiger partial charge >= 0.3 is 5.97 Å². The van der Waals surface area contributed by atoms with E-state index in [2.05, 4.69) is 0 Å². The molecule has 1 heterocycles. The first-order valence-electron chi connectivity index (χ1n) is 9.05. The maximum atomic E-state index is 12.4. The fourth-order valence-corrected chi connectivity index (χ4v) is 3.02. The number of aryl methyl sites for hydroxylation is 2. The van der Waals surface area contributed by atoms with Gasteiger partial charge in [-0.1, -0.05) is 43.7 Å². The second kappa shape index (κ2) is 8.54. The lowest BCUT2D eigenvalue weighted by molar-refractivity contribution is -0.137. The van der Waals surface area contributed by atoms with Crippen LogP contribution in [0.3, 0.4) is 0 Å². The lowest BCUT2D eigenvalue weighted by atomic mass is 10.0. The van der Waals surface area contributed by atoms with Crippen molar-refractivity contribution in [2.45, 2.75) is 39.2 Å². The maximum absolute atomic E-state index is 12.4. The summed E-state index contributed by atoms with van der Waals surface area (Å²) in [5.74, 6) is 0.144. The first-order chi connectivity index (χ1) is 13.1. The predicted molar refractivity (Wildman–Crippen MR) is 103 cm³/mol. The van der Waals surface area contributed by atoms with E-state index in [1.54, 1.807) is 6.07 Å². The fraction of sp³-hybridized carbons (Fsp3) is 0.273. The van der Waals surface area contributed by atoms with E-state index in [0.29, 0.717) is 35.5 Å². The highest BCUT2D eigenvalue weighted by Crippen LogP contribution is 2.29. The van der Waals surface area contributed by atoms with Crippen LogP contribution in [0.4, 0.5) is 0 Å². The zero-order chi connectivity index (χ0) is 19.2. The van der Waals surface area contributed by atoms with Gasteiger partial charge in [0.25, 0.3) is 0 Å². The Morgan fingerprint density at radius 1 is 1.11 bits per heavy atom. The van der Waals surface area contributed by atoms with Crippen molar-refractivity contribution >= 4 is 16.9 Å². The Bertz CT molecular complexity index is 989. The molecule has 0 atom stereocenters. The third kappa shape index (κ3) is 4.56. The van der Waals surface area contributed by atoms with Crippen molar-refractivity contribution in [2.24, 2.45) is 0 Å². The molecule has 27 heavy (non-hydrogen) atoms. The molecule has 0 bridgehead atoms. The number of hydrogen-bond acceptors (Lipinski definition) is 4. The van der Waals surface area contributed by atoms with Crippen LogP contribution in [0.1, 0.15) is 36.7 Å². The average molecular weight is 366 g/mol. The highest BCUT2D eigenvalue weighted by molar-refractivity contribution is 5.82. The minimum absolute atomic E-state index is 0.0816. The summed E-state index contributed by atoms with van der Waals surface area (Å²) in [6, 6.07) is 14.8. The molecule has 5 nitrogen and oxygen atoms in total. The van der Waals surface area contributed by atoms with Crippen molar-refractivity contribution in [3.05, 3.63) is 75.6 Å². The molecule has 1 aromatic heterocycles. The van der Waals surface area contributed by atoms with E-state index in [0.717, 1.165) is 17.5 Å². The second-order valence-corrected chi connectivity index (χ2v) is 6.41. The number of rotatable bonds is 8. The molecule has 3 aromatic rings. The van der Waals surface area contributed by atoms with E-state index in [1.165, 1.54) is 6.07 Å². The van der Waals surface area contributed by atoms with Crippen LogP contribution in [0.25, 0.3) is 11.0 Å². The van der Waals surface area contributed by atoms with Crippen LogP contribution >= 0.6 is 0 Å². The summed E-state index contributed by atoms with van der Waals surface area (Å²) in [5.41, 5.74) is 2.23. The Kier molecular flexibility index (Phi) is 5.91. The van der Waals surface area contributed by atoms with E-state index in [9.17, 15) is 9.59 Å². The summed E-state index contributed by atoms with van der Waals surface area (Å²) in [6.45, 7) is 2.47. The Morgan fingerprint density at radius 3 is 2.59 bits per heavy atom. The highest BCUT2D eigenvalue weighted by atomic mass is 16.5. The van der Waals surface area contributed by atoms with Crippen LogP contribution in [-0.2, 0) is 24.2 Å². The van der Waals surface area contributed by atoms with Gasteiger partial charge in [-0.05, 0) is 24.1 Å². The van der Waals surface area contributed by atoms with Gasteiger partial charge in [-0.25, -0.2) is 0 Å². The molecule has 0 aliphatic heterocycles. The summed E-state index contributed by atoms with van der Waals surface area (Å²) < 4.78 is 11.9. The normalized spacial score (nSPS) is 10.9. The Hall–Kier alpha value is -3.08. The van der Waals surface area contributed by atoms with Crippen molar-refractivity contribution < 1.29 is 19.1 Å². The van der Waals surface area contributed by atoms with Crippen molar-refractivity contribution in [1.29, 1.82) is 0 Å². The zero-order valence-electron chi connectivity index (χ0n) is 15.2. The van der Waals surface area contributed by atoms with Gasteiger partial charge in [0.2, 0.25) is 0 Å². The van der Waals surface area contributed by atoms with Gasteiger partial charge in [0.1, 0.15) is 23.7 Å². The Labute approximate surface area is 157 Å². The first kappa shape index (κ1) is 18.7. The molecule has 0 aliphatic rings. The van der Waals surface area contributed by atoms with Crippen LogP contribution in [0.2, 0.25) is 0 Å². The van der Waals surface area contributed by atoms with E-state index >= 15 is 0 Å². The SMILES string of the molecule is CCCc1c(OCc2ccccc2)ccc2c(=O)cc(CCC(=O)O)oc12. The van der Waals surface area contributed by atoms with Crippen molar-refractivity contribution in [3.8, 4) is 5.75 Å². The van der Waals surface area contributed by atoms with Crippen LogP contribution < -0.4 is 10.2 Å².